The number of aromatic amines is 2. The largest absolute Gasteiger partial charge is 0.450 e. The Hall–Kier alpha value is -5.30. The maximum absolute atomic E-state index is 13.0. The molecule has 0 saturated carbocycles. The number of ether oxygens (including phenoxy) is 1. The number of likely N-dealkylation sites (N-methyl/N-ethyl adjacent to an activating group) is 1. The molecule has 0 unspecified atom stereocenters. The van der Waals surface area contributed by atoms with Crippen LogP contribution in [0.4, 0.5) is 16.6 Å². The number of nitrogens with zero attached hydrogens (tertiary/aromatic N) is 6. The standard InChI is InChI=1S/C31H34N10O3/c1-4-44-31(43)39-30-37-24-15-21(25-17-32-28(36-25)29(42)35-19(2)20-8-6-5-7-9-20)14-22(27(24)38-30)23-16-26(34-18-33-23)41-12-10-40(3)11-13-41/h5-9,14-19H,4,10-13H2,1-3H3,(H,32,36)(H,35,42)(H2,37,38,39,43)/t19-/m0/s1. The summed E-state index contributed by atoms with van der Waals surface area (Å²) in [5.41, 5.74) is 5.04. The van der Waals surface area contributed by atoms with Crippen molar-refractivity contribution in [1.82, 2.24) is 40.1 Å². The molecule has 0 bridgehead atoms. The first-order chi connectivity index (χ1) is 21.4. The molecule has 0 radical (unpaired) electrons. The van der Waals surface area contributed by atoms with Gasteiger partial charge in [-0.15, -0.1) is 0 Å². The number of hydrogen-bond donors (Lipinski definition) is 4. The van der Waals surface area contributed by atoms with Crippen LogP contribution in [0.5, 0.6) is 0 Å². The van der Waals surface area contributed by atoms with Crippen LogP contribution < -0.4 is 15.5 Å². The molecule has 1 aliphatic heterocycles. The lowest BCUT2D eigenvalue weighted by atomic mass is 10.0. The number of amides is 2. The van der Waals surface area contributed by atoms with Crippen LogP contribution in [0.25, 0.3) is 33.5 Å². The Morgan fingerprint density at radius 2 is 1.82 bits per heavy atom. The smallest absolute Gasteiger partial charge is 0.413 e. The lowest BCUT2D eigenvalue weighted by Crippen LogP contribution is -2.44. The number of rotatable bonds is 8. The highest BCUT2D eigenvalue weighted by molar-refractivity contribution is 5.98. The van der Waals surface area contributed by atoms with Crippen LogP contribution in [0, 0.1) is 0 Å². The van der Waals surface area contributed by atoms with Gasteiger partial charge >= 0.3 is 6.09 Å². The molecule has 5 aromatic rings. The zero-order valence-corrected chi connectivity index (χ0v) is 24.8. The Balaban J connectivity index is 1.35. The molecule has 2 aromatic carbocycles. The predicted molar refractivity (Wildman–Crippen MR) is 167 cm³/mol. The molecule has 4 heterocycles. The number of piperazine rings is 1. The Morgan fingerprint density at radius 1 is 1.02 bits per heavy atom. The Labute approximate surface area is 254 Å². The fraction of sp³-hybridized carbons (Fsp3) is 0.290. The van der Waals surface area contributed by atoms with Crippen LogP contribution in [0.3, 0.4) is 0 Å². The van der Waals surface area contributed by atoms with Crippen molar-refractivity contribution in [2.75, 3.05) is 50.1 Å². The fourth-order valence-electron chi connectivity index (χ4n) is 5.17. The van der Waals surface area contributed by atoms with Crippen molar-refractivity contribution in [2.45, 2.75) is 19.9 Å². The van der Waals surface area contributed by atoms with Crippen molar-refractivity contribution in [3.05, 3.63) is 72.4 Å². The van der Waals surface area contributed by atoms with Crippen LogP contribution in [0.2, 0.25) is 0 Å². The Morgan fingerprint density at radius 3 is 2.59 bits per heavy atom. The van der Waals surface area contributed by atoms with Gasteiger partial charge in [0.15, 0.2) is 5.82 Å². The van der Waals surface area contributed by atoms with Crippen molar-refractivity contribution < 1.29 is 14.3 Å². The van der Waals surface area contributed by atoms with Crippen LogP contribution in [-0.4, -0.2) is 86.6 Å². The highest BCUT2D eigenvalue weighted by atomic mass is 16.5. The number of benzene rings is 2. The van der Waals surface area contributed by atoms with Gasteiger partial charge in [-0.1, -0.05) is 30.3 Å². The molecule has 1 atom stereocenters. The topological polar surface area (TPSA) is 157 Å². The van der Waals surface area contributed by atoms with Crippen LogP contribution in [0.1, 0.15) is 36.1 Å². The molecule has 3 aromatic heterocycles. The van der Waals surface area contributed by atoms with Crippen LogP contribution >= 0.6 is 0 Å². The van der Waals surface area contributed by atoms with E-state index >= 15 is 0 Å². The number of anilines is 2. The maximum Gasteiger partial charge on any atom is 0.413 e. The SMILES string of the molecule is CCOC(=O)Nc1nc2c(-c3cc(N4CCN(C)CC4)ncn3)cc(-c3cnc(C(=O)N[C@@H](C)c4ccccc4)[nH]3)cc2[nH]1. The van der Waals surface area contributed by atoms with Gasteiger partial charge in [-0.05, 0) is 38.6 Å². The highest BCUT2D eigenvalue weighted by Crippen LogP contribution is 2.33. The molecule has 226 valence electrons. The minimum atomic E-state index is -0.610. The first kappa shape index (κ1) is 28.8. The van der Waals surface area contributed by atoms with E-state index in [0.29, 0.717) is 22.4 Å². The van der Waals surface area contributed by atoms with Crippen molar-refractivity contribution in [1.29, 1.82) is 0 Å². The van der Waals surface area contributed by atoms with Gasteiger partial charge in [0.05, 0.1) is 41.3 Å². The molecular formula is C31H34N10O3. The summed E-state index contributed by atoms with van der Waals surface area (Å²) in [7, 11) is 2.11. The third-order valence-electron chi connectivity index (χ3n) is 7.59. The van der Waals surface area contributed by atoms with Gasteiger partial charge in [-0.2, -0.15) is 0 Å². The molecule has 4 N–H and O–H groups in total. The third kappa shape index (κ3) is 6.22. The average molecular weight is 595 g/mol. The van der Waals surface area contributed by atoms with Gasteiger partial charge in [0.25, 0.3) is 5.91 Å². The molecule has 13 nitrogen and oxygen atoms in total. The normalized spacial score (nSPS) is 14.4. The minimum Gasteiger partial charge on any atom is -0.450 e. The summed E-state index contributed by atoms with van der Waals surface area (Å²) in [6.07, 6.45) is 2.57. The zero-order valence-electron chi connectivity index (χ0n) is 24.8. The molecule has 13 heteroatoms. The lowest BCUT2D eigenvalue weighted by molar-refractivity contribution is 0.0930. The summed E-state index contributed by atoms with van der Waals surface area (Å²) in [6.45, 7) is 7.51. The molecule has 2 amide bonds. The molecule has 44 heavy (non-hydrogen) atoms. The molecule has 1 fully saturated rings. The van der Waals surface area contributed by atoms with Crippen molar-refractivity contribution in [3.8, 4) is 22.5 Å². The van der Waals surface area contributed by atoms with Gasteiger partial charge in [0.2, 0.25) is 5.95 Å². The van der Waals surface area contributed by atoms with Gasteiger partial charge in [0.1, 0.15) is 12.1 Å². The molecular weight excluding hydrogens is 560 g/mol. The number of nitrogens with one attached hydrogen (secondary N) is 4. The van der Waals surface area contributed by atoms with Gasteiger partial charge in [0, 0.05) is 43.4 Å². The van der Waals surface area contributed by atoms with Gasteiger partial charge in [-0.3, -0.25) is 10.1 Å². The molecule has 6 rings (SSSR count). The van der Waals surface area contributed by atoms with E-state index in [1.807, 2.05) is 55.5 Å². The first-order valence-corrected chi connectivity index (χ1v) is 14.5. The highest BCUT2D eigenvalue weighted by Gasteiger charge is 2.20. The maximum atomic E-state index is 13.0. The number of hydrogen-bond acceptors (Lipinski definition) is 9. The van der Waals surface area contributed by atoms with Crippen LogP contribution in [0.15, 0.2) is 61.1 Å². The molecule has 0 spiro atoms. The number of imidazole rings is 2. The van der Waals surface area contributed by atoms with E-state index in [4.69, 9.17) is 4.74 Å². The third-order valence-corrected chi connectivity index (χ3v) is 7.59. The van der Waals surface area contributed by atoms with E-state index in [9.17, 15) is 9.59 Å². The van der Waals surface area contributed by atoms with Crippen LogP contribution in [-0.2, 0) is 4.74 Å². The quantitative estimate of drug-likeness (QED) is 0.206. The van der Waals surface area contributed by atoms with Crippen molar-refractivity contribution in [2.24, 2.45) is 0 Å². The number of fused-ring (bicyclic) bond motifs is 1. The monoisotopic (exact) mass is 594 g/mol. The average Bonchev–Trinajstić information content (AvgIpc) is 3.69. The summed E-state index contributed by atoms with van der Waals surface area (Å²) in [5.74, 6) is 0.946. The minimum absolute atomic E-state index is 0.192. The molecule has 0 aliphatic carbocycles. The number of carbonyl (C=O) groups is 2. The molecule has 1 aliphatic rings. The summed E-state index contributed by atoms with van der Waals surface area (Å²) < 4.78 is 5.03. The molecule has 1 saturated heterocycles. The van der Waals surface area contributed by atoms with Crippen molar-refractivity contribution in [3.63, 3.8) is 0 Å². The van der Waals surface area contributed by atoms with E-state index in [1.54, 1.807) is 19.4 Å². The number of H-pyrrole nitrogens is 2. The van der Waals surface area contributed by atoms with Gasteiger partial charge < -0.3 is 29.8 Å². The lowest BCUT2D eigenvalue weighted by Gasteiger charge is -2.33. The second-order valence-corrected chi connectivity index (χ2v) is 10.7. The number of carbonyl (C=O) groups excluding carboxylic acids is 2. The van der Waals surface area contributed by atoms with Crippen molar-refractivity contribution >= 4 is 34.8 Å². The predicted octanol–water partition coefficient (Wildman–Crippen LogP) is 4.22. The number of aromatic nitrogens is 6. The summed E-state index contributed by atoms with van der Waals surface area (Å²) in [6, 6.07) is 15.3. The summed E-state index contributed by atoms with van der Waals surface area (Å²) in [5, 5.41) is 5.63. The van der Waals surface area contributed by atoms with Gasteiger partial charge in [-0.25, -0.2) is 24.7 Å². The fourth-order valence-corrected chi connectivity index (χ4v) is 5.17. The van der Waals surface area contributed by atoms with E-state index in [1.165, 1.54) is 0 Å². The second kappa shape index (κ2) is 12.5. The summed E-state index contributed by atoms with van der Waals surface area (Å²) >= 11 is 0. The van der Waals surface area contributed by atoms with E-state index in [-0.39, 0.29) is 30.3 Å². The first-order valence-electron chi connectivity index (χ1n) is 14.5. The van der Waals surface area contributed by atoms with E-state index in [2.05, 4.69) is 57.4 Å². The van der Waals surface area contributed by atoms with E-state index < -0.39 is 6.09 Å². The second-order valence-electron chi connectivity index (χ2n) is 10.7. The summed E-state index contributed by atoms with van der Waals surface area (Å²) in [4.78, 5) is 54.2. The van der Waals surface area contributed by atoms with E-state index in [0.717, 1.165) is 48.7 Å². The zero-order chi connectivity index (χ0) is 30.6. The Bertz CT molecular complexity index is 1780. The Kier molecular flexibility index (Phi) is 8.19.